The second kappa shape index (κ2) is 11.6. The topological polar surface area (TPSA) is 136 Å². The number of hydrogen-bond acceptors (Lipinski definition) is 7. The minimum Gasteiger partial charge on any atom is -0.444 e. The van der Waals surface area contributed by atoms with Crippen molar-refractivity contribution in [3.8, 4) is 0 Å². The lowest BCUT2D eigenvalue weighted by molar-refractivity contribution is -0.384. The SMILES string of the molecule is O=C(OC(C(=O)Nc1ccc([N+](=O)[O-])cc1Br)c1ccccc1)c1ccc(Cl)c(S(=O)(=O)N2CCCC2)c1. The molecule has 1 unspecified atom stereocenters. The van der Waals surface area contributed by atoms with E-state index in [-0.39, 0.29) is 31.3 Å². The normalized spacial score (nSPS) is 14.6. The third-order valence-electron chi connectivity index (χ3n) is 5.84. The van der Waals surface area contributed by atoms with Crippen molar-refractivity contribution >= 4 is 60.8 Å². The largest absolute Gasteiger partial charge is 0.444 e. The number of ether oxygens (including phenoxy) is 1. The first-order valence-corrected chi connectivity index (χ1v) is 14.0. The molecule has 0 aliphatic carbocycles. The first-order chi connectivity index (χ1) is 18.1. The fourth-order valence-electron chi connectivity index (χ4n) is 3.89. The van der Waals surface area contributed by atoms with Crippen molar-refractivity contribution in [1.29, 1.82) is 0 Å². The zero-order valence-electron chi connectivity index (χ0n) is 19.7. The maximum absolute atomic E-state index is 13.2. The molecule has 0 radical (unpaired) electrons. The third-order valence-corrected chi connectivity index (χ3v) is 8.87. The van der Waals surface area contributed by atoms with Gasteiger partial charge < -0.3 is 10.1 Å². The molecule has 10 nitrogen and oxygen atoms in total. The van der Waals surface area contributed by atoms with Gasteiger partial charge in [0, 0.05) is 35.3 Å². The van der Waals surface area contributed by atoms with Gasteiger partial charge in [-0.2, -0.15) is 4.31 Å². The van der Waals surface area contributed by atoms with E-state index in [2.05, 4.69) is 21.2 Å². The lowest BCUT2D eigenvalue weighted by Crippen LogP contribution is -2.28. The van der Waals surface area contributed by atoms with Crippen LogP contribution < -0.4 is 5.32 Å². The number of carbonyl (C=O) groups excluding carboxylic acids is 2. The highest BCUT2D eigenvalue weighted by atomic mass is 79.9. The van der Waals surface area contributed by atoms with Gasteiger partial charge in [-0.15, -0.1) is 0 Å². The molecule has 1 aliphatic heterocycles. The van der Waals surface area contributed by atoms with E-state index >= 15 is 0 Å². The molecule has 1 fully saturated rings. The molecular formula is C25H21BrClN3O7S. The lowest BCUT2D eigenvalue weighted by Gasteiger charge is -2.20. The number of nitro groups is 1. The van der Waals surface area contributed by atoms with Crippen LogP contribution in [0.2, 0.25) is 5.02 Å². The van der Waals surface area contributed by atoms with E-state index < -0.39 is 32.9 Å². The second-order valence-corrected chi connectivity index (χ2v) is 11.5. The molecule has 1 heterocycles. The van der Waals surface area contributed by atoms with Gasteiger partial charge in [0.25, 0.3) is 11.6 Å². The first kappa shape index (κ1) is 27.7. The lowest BCUT2D eigenvalue weighted by atomic mass is 10.1. The van der Waals surface area contributed by atoms with Crippen molar-refractivity contribution in [2.45, 2.75) is 23.8 Å². The highest BCUT2D eigenvalue weighted by molar-refractivity contribution is 9.10. The number of esters is 1. The highest BCUT2D eigenvalue weighted by Crippen LogP contribution is 2.31. The van der Waals surface area contributed by atoms with Crippen LogP contribution in [0.25, 0.3) is 0 Å². The second-order valence-electron chi connectivity index (χ2n) is 8.36. The van der Waals surface area contributed by atoms with Crippen LogP contribution in [0.1, 0.15) is 34.9 Å². The third kappa shape index (κ3) is 6.04. The number of carbonyl (C=O) groups is 2. The average molecular weight is 623 g/mol. The Balaban J connectivity index is 1.61. The van der Waals surface area contributed by atoms with E-state index in [1.54, 1.807) is 30.3 Å². The van der Waals surface area contributed by atoms with Crippen LogP contribution in [-0.2, 0) is 19.6 Å². The van der Waals surface area contributed by atoms with Gasteiger partial charge in [-0.25, -0.2) is 13.2 Å². The quantitative estimate of drug-likeness (QED) is 0.204. The molecule has 3 aromatic carbocycles. The van der Waals surface area contributed by atoms with Gasteiger partial charge in [0.1, 0.15) is 4.90 Å². The molecule has 198 valence electrons. The van der Waals surface area contributed by atoms with Crippen molar-refractivity contribution in [3.63, 3.8) is 0 Å². The van der Waals surface area contributed by atoms with Gasteiger partial charge in [-0.1, -0.05) is 41.9 Å². The molecule has 3 aromatic rings. The number of non-ortho nitro benzene ring substituents is 1. The van der Waals surface area contributed by atoms with E-state index in [0.717, 1.165) is 18.9 Å². The number of benzene rings is 3. The number of nitrogens with one attached hydrogen (secondary N) is 1. The molecule has 1 saturated heterocycles. The zero-order valence-corrected chi connectivity index (χ0v) is 22.8. The van der Waals surface area contributed by atoms with Gasteiger partial charge in [-0.3, -0.25) is 14.9 Å². The maximum atomic E-state index is 13.2. The predicted octanol–water partition coefficient (Wildman–Crippen LogP) is 5.33. The number of sulfonamides is 1. The van der Waals surface area contributed by atoms with Gasteiger partial charge >= 0.3 is 5.97 Å². The molecular weight excluding hydrogens is 602 g/mol. The van der Waals surface area contributed by atoms with Crippen LogP contribution in [0.15, 0.2) is 76.1 Å². The Bertz CT molecular complexity index is 1500. The molecule has 1 amide bonds. The van der Waals surface area contributed by atoms with Gasteiger partial charge in [-0.05, 0) is 53.0 Å². The fraction of sp³-hybridized carbons (Fsp3) is 0.200. The van der Waals surface area contributed by atoms with Crippen molar-refractivity contribution in [2.24, 2.45) is 0 Å². The van der Waals surface area contributed by atoms with Gasteiger partial charge in [0.05, 0.1) is 21.2 Å². The number of nitrogens with zero attached hydrogens (tertiary/aromatic N) is 2. The number of halogens is 2. The first-order valence-electron chi connectivity index (χ1n) is 11.4. The number of nitro benzene ring substituents is 1. The molecule has 1 atom stereocenters. The summed E-state index contributed by atoms with van der Waals surface area (Å²) in [4.78, 5) is 36.6. The van der Waals surface area contributed by atoms with Crippen LogP contribution in [0.4, 0.5) is 11.4 Å². The minimum atomic E-state index is -3.92. The summed E-state index contributed by atoms with van der Waals surface area (Å²) < 4.78 is 33.3. The Morgan fingerprint density at radius 2 is 1.74 bits per heavy atom. The number of amides is 1. The van der Waals surface area contributed by atoms with Crippen LogP contribution in [0.3, 0.4) is 0 Å². The molecule has 4 rings (SSSR count). The number of hydrogen-bond donors (Lipinski definition) is 1. The Hall–Kier alpha value is -3.32. The Morgan fingerprint density at radius 3 is 2.37 bits per heavy atom. The van der Waals surface area contributed by atoms with E-state index in [0.29, 0.717) is 18.7 Å². The van der Waals surface area contributed by atoms with Crippen molar-refractivity contribution in [2.75, 3.05) is 18.4 Å². The Kier molecular flexibility index (Phi) is 8.46. The maximum Gasteiger partial charge on any atom is 0.339 e. The van der Waals surface area contributed by atoms with Crippen molar-refractivity contribution in [1.82, 2.24) is 4.31 Å². The van der Waals surface area contributed by atoms with E-state index in [4.69, 9.17) is 16.3 Å². The highest BCUT2D eigenvalue weighted by Gasteiger charge is 2.31. The van der Waals surface area contributed by atoms with Crippen LogP contribution >= 0.6 is 27.5 Å². The van der Waals surface area contributed by atoms with Gasteiger partial charge in [0.2, 0.25) is 16.1 Å². The number of anilines is 1. The summed E-state index contributed by atoms with van der Waals surface area (Å²) >= 11 is 9.38. The van der Waals surface area contributed by atoms with Gasteiger partial charge in [0.15, 0.2) is 0 Å². The Labute approximate surface area is 231 Å². The fourth-order valence-corrected chi connectivity index (χ4v) is 6.37. The van der Waals surface area contributed by atoms with Crippen molar-refractivity contribution < 1.29 is 27.7 Å². The summed E-state index contributed by atoms with van der Waals surface area (Å²) in [7, 11) is -3.92. The summed E-state index contributed by atoms with van der Waals surface area (Å²) in [5, 5.41) is 13.6. The summed E-state index contributed by atoms with van der Waals surface area (Å²) in [6.45, 7) is 0.726. The summed E-state index contributed by atoms with van der Waals surface area (Å²) in [6.07, 6.45) is 0.0503. The number of rotatable bonds is 8. The minimum absolute atomic E-state index is 0.0335. The van der Waals surface area contributed by atoms with E-state index in [1.165, 1.54) is 34.6 Å². The Morgan fingerprint density at radius 1 is 1.05 bits per heavy atom. The monoisotopic (exact) mass is 621 g/mol. The molecule has 1 N–H and O–H groups in total. The van der Waals surface area contributed by atoms with Crippen LogP contribution in [0.5, 0.6) is 0 Å². The zero-order chi connectivity index (χ0) is 27.4. The molecule has 1 aliphatic rings. The predicted molar refractivity (Wildman–Crippen MR) is 143 cm³/mol. The van der Waals surface area contributed by atoms with Crippen LogP contribution in [0, 0.1) is 10.1 Å². The standard InChI is InChI=1S/C25H21BrClN3O7S/c26-19-15-18(30(33)34)9-11-21(19)28-24(31)23(16-6-2-1-3-7-16)37-25(32)17-8-10-20(27)22(14-17)38(35,36)29-12-4-5-13-29/h1-3,6-11,14-15,23H,4-5,12-13H2,(H,28,31). The average Bonchev–Trinajstić information content (AvgIpc) is 3.45. The van der Waals surface area contributed by atoms with E-state index in [1.807, 2.05) is 0 Å². The van der Waals surface area contributed by atoms with Crippen LogP contribution in [-0.4, -0.2) is 42.6 Å². The molecule has 38 heavy (non-hydrogen) atoms. The summed E-state index contributed by atoms with van der Waals surface area (Å²) in [6, 6.07) is 15.8. The van der Waals surface area contributed by atoms with E-state index in [9.17, 15) is 28.1 Å². The van der Waals surface area contributed by atoms with Crippen molar-refractivity contribution in [3.05, 3.63) is 97.5 Å². The molecule has 13 heteroatoms. The molecule has 0 bridgehead atoms. The molecule has 0 saturated carbocycles. The summed E-state index contributed by atoms with van der Waals surface area (Å²) in [5.74, 6) is -1.66. The molecule has 0 spiro atoms. The smallest absolute Gasteiger partial charge is 0.339 e. The molecule has 0 aromatic heterocycles. The summed E-state index contributed by atoms with van der Waals surface area (Å²) in [5.41, 5.74) is 0.305.